The second kappa shape index (κ2) is 6.87. The number of nitrogens with one attached hydrogen (secondary N) is 1. The maximum atomic E-state index is 12.2. The Bertz CT molecular complexity index is 720. The van der Waals surface area contributed by atoms with Crippen LogP contribution in [-0.2, 0) is 0 Å². The first kappa shape index (κ1) is 16.4. The van der Waals surface area contributed by atoms with E-state index in [1.807, 2.05) is 0 Å². The van der Waals surface area contributed by atoms with Gasteiger partial charge < -0.3 is 5.73 Å². The van der Waals surface area contributed by atoms with E-state index < -0.39 is 11.9 Å². The molecule has 0 aliphatic carbocycles. The van der Waals surface area contributed by atoms with Gasteiger partial charge in [-0.15, -0.1) is 0 Å². The molecule has 0 saturated heterocycles. The van der Waals surface area contributed by atoms with E-state index in [-0.39, 0.29) is 10.6 Å². The summed E-state index contributed by atoms with van der Waals surface area (Å²) in [7, 11) is 0. The van der Waals surface area contributed by atoms with E-state index in [0.29, 0.717) is 15.7 Å². The molecular weight excluding hydrogens is 349 g/mol. The molecule has 114 valence electrons. The highest BCUT2D eigenvalue weighted by atomic mass is 35.5. The molecule has 0 fully saturated rings. The maximum Gasteiger partial charge on any atom is 0.338 e. The lowest BCUT2D eigenvalue weighted by molar-refractivity contribution is 0.0951. The van der Waals surface area contributed by atoms with E-state index in [2.05, 4.69) is 5.43 Å². The third-order valence-corrected chi connectivity index (χ3v) is 3.51. The number of hydrazine groups is 1. The van der Waals surface area contributed by atoms with Crippen molar-refractivity contribution in [2.75, 3.05) is 5.01 Å². The summed E-state index contributed by atoms with van der Waals surface area (Å²) in [6.07, 6.45) is 0. The Hall–Kier alpha value is -1.95. The molecular formula is C14H10Cl3N3O2. The van der Waals surface area contributed by atoms with Gasteiger partial charge in [-0.1, -0.05) is 34.8 Å². The predicted molar refractivity (Wildman–Crippen MR) is 87.4 cm³/mol. The number of carbonyl (C=O) groups is 2. The van der Waals surface area contributed by atoms with Gasteiger partial charge in [0.05, 0.1) is 16.3 Å². The lowest BCUT2D eigenvalue weighted by Gasteiger charge is -2.21. The maximum absolute atomic E-state index is 12.2. The Kier molecular flexibility index (Phi) is 5.13. The molecule has 0 spiro atoms. The Morgan fingerprint density at radius 3 is 2.14 bits per heavy atom. The number of amides is 3. The summed E-state index contributed by atoms with van der Waals surface area (Å²) < 4.78 is 0. The quantitative estimate of drug-likeness (QED) is 0.799. The van der Waals surface area contributed by atoms with Crippen molar-refractivity contribution >= 4 is 52.4 Å². The number of anilines is 1. The summed E-state index contributed by atoms with van der Waals surface area (Å²) in [5.41, 5.74) is 8.12. The van der Waals surface area contributed by atoms with Crippen LogP contribution in [0.25, 0.3) is 0 Å². The van der Waals surface area contributed by atoms with Gasteiger partial charge >= 0.3 is 6.03 Å². The second-order valence-corrected chi connectivity index (χ2v) is 5.50. The van der Waals surface area contributed by atoms with Gasteiger partial charge in [-0.3, -0.25) is 10.2 Å². The van der Waals surface area contributed by atoms with E-state index in [0.717, 1.165) is 5.01 Å². The number of nitrogens with zero attached hydrogens (tertiary/aromatic N) is 1. The predicted octanol–water partition coefficient (Wildman–Crippen LogP) is 3.88. The summed E-state index contributed by atoms with van der Waals surface area (Å²) in [5.74, 6) is -0.624. The number of nitrogens with two attached hydrogens (primary N) is 1. The zero-order chi connectivity index (χ0) is 16.3. The van der Waals surface area contributed by atoms with Gasteiger partial charge in [-0.25, -0.2) is 9.80 Å². The van der Waals surface area contributed by atoms with E-state index in [1.54, 1.807) is 18.2 Å². The van der Waals surface area contributed by atoms with Crippen molar-refractivity contribution in [2.24, 2.45) is 5.73 Å². The van der Waals surface area contributed by atoms with Crippen molar-refractivity contribution in [1.82, 2.24) is 5.43 Å². The van der Waals surface area contributed by atoms with Gasteiger partial charge in [0.1, 0.15) is 0 Å². The van der Waals surface area contributed by atoms with Crippen LogP contribution in [0.1, 0.15) is 10.4 Å². The molecule has 22 heavy (non-hydrogen) atoms. The average Bonchev–Trinajstić information content (AvgIpc) is 2.48. The van der Waals surface area contributed by atoms with Crippen LogP contribution in [0.4, 0.5) is 10.5 Å². The van der Waals surface area contributed by atoms with E-state index in [4.69, 9.17) is 40.5 Å². The lowest BCUT2D eigenvalue weighted by atomic mass is 10.2. The molecule has 0 saturated carbocycles. The number of halogens is 3. The third-order valence-electron chi connectivity index (χ3n) is 2.69. The first-order chi connectivity index (χ1) is 10.4. The smallest absolute Gasteiger partial charge is 0.338 e. The van der Waals surface area contributed by atoms with Crippen molar-refractivity contribution in [3.8, 4) is 0 Å². The molecule has 0 aliphatic heterocycles. The Morgan fingerprint density at radius 1 is 0.955 bits per heavy atom. The normalized spacial score (nSPS) is 10.1. The SMILES string of the molecule is NC(=O)N(NC(=O)c1cc(Cl)ccc1Cl)c1ccc(Cl)cc1. The van der Waals surface area contributed by atoms with Crippen molar-refractivity contribution in [3.05, 3.63) is 63.1 Å². The molecule has 3 amide bonds. The number of hydrogen-bond acceptors (Lipinski definition) is 2. The molecule has 0 aromatic heterocycles. The third kappa shape index (κ3) is 3.82. The van der Waals surface area contributed by atoms with Gasteiger partial charge in [0.15, 0.2) is 0 Å². The highest BCUT2D eigenvalue weighted by Crippen LogP contribution is 2.21. The topological polar surface area (TPSA) is 75.4 Å². The number of hydrogen-bond donors (Lipinski definition) is 2. The van der Waals surface area contributed by atoms with Crippen molar-refractivity contribution in [1.29, 1.82) is 0 Å². The van der Waals surface area contributed by atoms with Crippen molar-refractivity contribution in [3.63, 3.8) is 0 Å². The van der Waals surface area contributed by atoms with Gasteiger partial charge in [-0.05, 0) is 42.5 Å². The molecule has 5 nitrogen and oxygen atoms in total. The van der Waals surface area contributed by atoms with Crippen LogP contribution in [0.3, 0.4) is 0 Å². The number of benzene rings is 2. The highest BCUT2D eigenvalue weighted by molar-refractivity contribution is 6.35. The molecule has 0 unspecified atom stereocenters. The fourth-order valence-electron chi connectivity index (χ4n) is 1.67. The zero-order valence-electron chi connectivity index (χ0n) is 11.0. The molecule has 0 heterocycles. The summed E-state index contributed by atoms with van der Waals surface area (Å²) in [4.78, 5) is 23.8. The monoisotopic (exact) mass is 357 g/mol. The average molecular weight is 359 g/mol. The van der Waals surface area contributed by atoms with E-state index in [1.165, 1.54) is 24.3 Å². The van der Waals surface area contributed by atoms with Crippen LogP contribution >= 0.6 is 34.8 Å². The number of urea groups is 1. The minimum atomic E-state index is -0.867. The molecule has 2 aromatic rings. The van der Waals surface area contributed by atoms with Crippen molar-refractivity contribution in [2.45, 2.75) is 0 Å². The fraction of sp³-hybridized carbons (Fsp3) is 0. The van der Waals surface area contributed by atoms with Crippen LogP contribution in [0.5, 0.6) is 0 Å². The molecule has 0 atom stereocenters. The lowest BCUT2D eigenvalue weighted by Crippen LogP contribution is -2.49. The standard InChI is InChI=1S/C14H10Cl3N3O2/c15-8-1-4-10(5-2-8)20(14(18)22)19-13(21)11-7-9(16)3-6-12(11)17/h1-7H,(H2,18,22)(H,19,21). The van der Waals surface area contributed by atoms with Gasteiger partial charge in [0, 0.05) is 10.0 Å². The van der Waals surface area contributed by atoms with Gasteiger partial charge in [0.25, 0.3) is 5.91 Å². The Balaban J connectivity index is 2.28. The summed E-state index contributed by atoms with van der Waals surface area (Å²) in [6, 6.07) is 9.74. The number of carbonyl (C=O) groups excluding carboxylic acids is 2. The molecule has 3 N–H and O–H groups in total. The largest absolute Gasteiger partial charge is 0.350 e. The van der Waals surface area contributed by atoms with Crippen molar-refractivity contribution < 1.29 is 9.59 Å². The number of rotatable bonds is 2. The number of primary amides is 1. The van der Waals surface area contributed by atoms with Gasteiger partial charge in [0.2, 0.25) is 0 Å². The first-order valence-corrected chi connectivity index (χ1v) is 7.13. The van der Waals surface area contributed by atoms with E-state index >= 15 is 0 Å². The van der Waals surface area contributed by atoms with Crippen LogP contribution in [0.15, 0.2) is 42.5 Å². The van der Waals surface area contributed by atoms with Gasteiger partial charge in [-0.2, -0.15) is 0 Å². The van der Waals surface area contributed by atoms with Crippen LogP contribution in [0.2, 0.25) is 15.1 Å². The van der Waals surface area contributed by atoms with Crippen LogP contribution < -0.4 is 16.2 Å². The first-order valence-electron chi connectivity index (χ1n) is 5.99. The Morgan fingerprint density at radius 2 is 1.55 bits per heavy atom. The molecule has 0 aliphatic rings. The zero-order valence-corrected chi connectivity index (χ0v) is 13.3. The molecule has 0 bridgehead atoms. The van der Waals surface area contributed by atoms with Crippen LogP contribution in [0, 0.1) is 0 Å². The molecule has 0 radical (unpaired) electrons. The summed E-state index contributed by atoms with van der Waals surface area (Å²) >= 11 is 17.6. The van der Waals surface area contributed by atoms with Crippen LogP contribution in [-0.4, -0.2) is 11.9 Å². The molecule has 2 rings (SSSR count). The fourth-order valence-corrected chi connectivity index (χ4v) is 2.17. The molecule has 8 heteroatoms. The minimum Gasteiger partial charge on any atom is -0.350 e. The highest BCUT2D eigenvalue weighted by Gasteiger charge is 2.18. The minimum absolute atomic E-state index is 0.120. The Labute approximate surface area is 141 Å². The second-order valence-electron chi connectivity index (χ2n) is 4.22. The summed E-state index contributed by atoms with van der Waals surface area (Å²) in [5, 5.41) is 1.90. The molecule has 2 aromatic carbocycles. The van der Waals surface area contributed by atoms with E-state index in [9.17, 15) is 9.59 Å². The summed E-state index contributed by atoms with van der Waals surface area (Å²) in [6.45, 7) is 0.